The predicted molar refractivity (Wildman–Crippen MR) is 138 cm³/mol. The molecule has 5 rings (SSSR count). The van der Waals surface area contributed by atoms with Crippen molar-refractivity contribution < 1.29 is 9.53 Å². The first-order chi connectivity index (χ1) is 16.7. The molecule has 34 heavy (non-hydrogen) atoms. The lowest BCUT2D eigenvalue weighted by atomic mass is 9.83. The number of nitrogens with zero attached hydrogens (tertiary/aromatic N) is 1. The normalized spacial score (nSPS) is 21.0. The molecule has 3 unspecified atom stereocenters. The highest BCUT2D eigenvalue weighted by molar-refractivity contribution is 5.88. The molecule has 3 atom stereocenters. The maximum Gasteiger partial charge on any atom is 0.140 e. The smallest absolute Gasteiger partial charge is 0.140 e. The molecule has 0 bridgehead atoms. The Balaban J connectivity index is 1.32. The molecule has 0 spiro atoms. The van der Waals surface area contributed by atoms with Crippen LogP contribution in [0.1, 0.15) is 46.9 Å². The summed E-state index contributed by atoms with van der Waals surface area (Å²) in [5.41, 5.74) is 6.09. The number of rotatable bonds is 8. The minimum Gasteiger partial charge on any atom is -0.497 e. The van der Waals surface area contributed by atoms with Gasteiger partial charge in [0.1, 0.15) is 11.5 Å². The maximum absolute atomic E-state index is 13.5. The van der Waals surface area contributed by atoms with Crippen LogP contribution in [0.2, 0.25) is 0 Å². The minimum atomic E-state index is -0.109. The van der Waals surface area contributed by atoms with E-state index >= 15 is 0 Å². The van der Waals surface area contributed by atoms with E-state index in [4.69, 9.17) is 4.74 Å². The lowest BCUT2D eigenvalue weighted by molar-refractivity contribution is -0.121. The van der Waals surface area contributed by atoms with Crippen molar-refractivity contribution in [1.82, 2.24) is 0 Å². The Morgan fingerprint density at radius 2 is 1.68 bits per heavy atom. The van der Waals surface area contributed by atoms with Crippen LogP contribution in [-0.4, -0.2) is 19.1 Å². The number of carbonyl (C=O) groups is 1. The molecule has 1 aliphatic heterocycles. The van der Waals surface area contributed by atoms with E-state index in [-0.39, 0.29) is 17.8 Å². The van der Waals surface area contributed by atoms with Crippen molar-refractivity contribution in [2.24, 2.45) is 10.9 Å². The highest BCUT2D eigenvalue weighted by Gasteiger charge is 2.33. The van der Waals surface area contributed by atoms with Gasteiger partial charge in [-0.1, -0.05) is 78.9 Å². The number of allylic oxidation sites excluding steroid dienone is 3. The average Bonchev–Trinajstić information content (AvgIpc) is 3.59. The molecule has 0 amide bonds. The Kier molecular flexibility index (Phi) is 6.53. The number of ketones is 1. The van der Waals surface area contributed by atoms with Gasteiger partial charge in [-0.05, 0) is 52.8 Å². The number of ether oxygens (including phenoxy) is 1. The van der Waals surface area contributed by atoms with Crippen LogP contribution in [0, 0.1) is 5.92 Å². The van der Waals surface area contributed by atoms with Gasteiger partial charge in [0.25, 0.3) is 0 Å². The van der Waals surface area contributed by atoms with Crippen LogP contribution in [-0.2, 0) is 11.2 Å². The van der Waals surface area contributed by atoms with Crippen LogP contribution in [0.4, 0.5) is 0 Å². The lowest BCUT2D eigenvalue weighted by Crippen LogP contribution is -2.18. The van der Waals surface area contributed by atoms with Crippen molar-refractivity contribution in [3.05, 3.63) is 119 Å². The second-order valence-electron chi connectivity index (χ2n) is 9.04. The van der Waals surface area contributed by atoms with Gasteiger partial charge in [0.15, 0.2) is 0 Å². The van der Waals surface area contributed by atoms with Gasteiger partial charge in [-0.25, -0.2) is 0 Å². The monoisotopic (exact) mass is 447 g/mol. The maximum atomic E-state index is 13.5. The zero-order valence-electron chi connectivity index (χ0n) is 19.4. The van der Waals surface area contributed by atoms with E-state index < -0.39 is 0 Å². The highest BCUT2D eigenvalue weighted by atomic mass is 16.5. The summed E-state index contributed by atoms with van der Waals surface area (Å²) in [5, 5.41) is 0. The third-order valence-electron chi connectivity index (χ3n) is 6.97. The molecule has 0 radical (unpaired) electrons. The summed E-state index contributed by atoms with van der Waals surface area (Å²) in [6, 6.07) is 27.2. The molecule has 0 saturated heterocycles. The molecular weight excluding hydrogens is 418 g/mol. The second-order valence-corrected chi connectivity index (χ2v) is 9.04. The molecular formula is C31H29NO2. The van der Waals surface area contributed by atoms with E-state index in [1.54, 1.807) is 7.11 Å². The summed E-state index contributed by atoms with van der Waals surface area (Å²) in [5.74, 6) is 1.46. The molecule has 0 aromatic heterocycles. The first kappa shape index (κ1) is 22.1. The van der Waals surface area contributed by atoms with Gasteiger partial charge >= 0.3 is 0 Å². The number of aliphatic imine (C=N–C) groups is 1. The van der Waals surface area contributed by atoms with Crippen molar-refractivity contribution >= 4 is 17.6 Å². The van der Waals surface area contributed by atoms with Crippen molar-refractivity contribution in [3.63, 3.8) is 0 Å². The quantitative estimate of drug-likeness (QED) is 0.382. The number of Topliss-reactive ketones (excluding diaryl/α,β-unsaturated/α-hetero) is 1. The fraction of sp³-hybridized carbons (Fsp3) is 0.226. The summed E-state index contributed by atoms with van der Waals surface area (Å²) in [7, 11) is 1.68. The van der Waals surface area contributed by atoms with Gasteiger partial charge in [-0.15, -0.1) is 0 Å². The van der Waals surface area contributed by atoms with E-state index in [1.165, 1.54) is 27.8 Å². The summed E-state index contributed by atoms with van der Waals surface area (Å²) in [6.07, 6.45) is 10.3. The number of aryl methyl sites for hydroxylation is 1. The zero-order valence-corrected chi connectivity index (χ0v) is 19.4. The van der Waals surface area contributed by atoms with Crippen molar-refractivity contribution in [2.75, 3.05) is 7.11 Å². The van der Waals surface area contributed by atoms with Gasteiger partial charge in [-0.3, -0.25) is 9.79 Å². The summed E-state index contributed by atoms with van der Waals surface area (Å²) >= 11 is 0. The van der Waals surface area contributed by atoms with Crippen LogP contribution in [0.3, 0.4) is 0 Å². The summed E-state index contributed by atoms with van der Waals surface area (Å²) in [6.45, 7) is 0. The third kappa shape index (κ3) is 4.79. The van der Waals surface area contributed by atoms with Crippen molar-refractivity contribution in [1.29, 1.82) is 0 Å². The van der Waals surface area contributed by atoms with Crippen LogP contribution >= 0.6 is 0 Å². The fourth-order valence-corrected chi connectivity index (χ4v) is 5.00. The van der Waals surface area contributed by atoms with E-state index in [2.05, 4.69) is 77.8 Å². The van der Waals surface area contributed by atoms with E-state index in [0.717, 1.165) is 18.6 Å². The van der Waals surface area contributed by atoms with Gasteiger partial charge in [0, 0.05) is 36.6 Å². The SMILES string of the molecule is COc1ccc(C2CC(c3ccccc3)=CC2C(=O)CCc2ccc(C3C=CN=C3)cc2)cc1. The molecule has 3 aromatic carbocycles. The molecule has 0 N–H and O–H groups in total. The number of carbonyl (C=O) groups excluding carboxylic acids is 1. The second kappa shape index (κ2) is 10.0. The van der Waals surface area contributed by atoms with Crippen molar-refractivity contribution in [3.8, 4) is 5.75 Å². The van der Waals surface area contributed by atoms with Crippen molar-refractivity contribution in [2.45, 2.75) is 31.1 Å². The number of hydrogen-bond donors (Lipinski definition) is 0. The molecule has 3 aromatic rings. The number of methoxy groups -OCH3 is 1. The minimum absolute atomic E-state index is 0.109. The third-order valence-corrected chi connectivity index (χ3v) is 6.97. The Morgan fingerprint density at radius 1 is 0.941 bits per heavy atom. The van der Waals surface area contributed by atoms with Gasteiger partial charge in [0.05, 0.1) is 7.11 Å². The number of hydrogen-bond acceptors (Lipinski definition) is 3. The molecule has 0 saturated carbocycles. The standard InChI is InChI=1S/C31H29NO2/c1-34-28-14-12-25(13-15-28)29-19-27(23-5-3-2-4-6-23)20-30(29)31(33)16-9-22-7-10-24(11-8-22)26-17-18-32-21-26/h2-8,10-15,17-18,20-21,26,29-30H,9,16,19H2,1H3. The first-order valence-corrected chi connectivity index (χ1v) is 11.9. The average molecular weight is 448 g/mol. The molecule has 1 heterocycles. The predicted octanol–water partition coefficient (Wildman–Crippen LogP) is 6.77. The Bertz CT molecular complexity index is 1210. The Morgan fingerprint density at radius 3 is 2.35 bits per heavy atom. The molecule has 1 aliphatic carbocycles. The largest absolute Gasteiger partial charge is 0.497 e. The van der Waals surface area contributed by atoms with Crippen LogP contribution in [0.15, 0.2) is 102 Å². The van der Waals surface area contributed by atoms with E-state index in [1.807, 2.05) is 30.6 Å². The van der Waals surface area contributed by atoms with E-state index in [0.29, 0.717) is 12.2 Å². The Hall–Kier alpha value is -3.72. The molecule has 3 nitrogen and oxygen atoms in total. The lowest BCUT2D eigenvalue weighted by Gasteiger charge is -2.19. The fourth-order valence-electron chi connectivity index (χ4n) is 5.00. The highest BCUT2D eigenvalue weighted by Crippen LogP contribution is 2.44. The molecule has 2 aliphatic rings. The molecule has 3 heteroatoms. The van der Waals surface area contributed by atoms with Gasteiger partial charge in [-0.2, -0.15) is 0 Å². The van der Waals surface area contributed by atoms with Crippen LogP contribution in [0.5, 0.6) is 5.75 Å². The summed E-state index contributed by atoms with van der Waals surface area (Å²) < 4.78 is 5.33. The van der Waals surface area contributed by atoms with Gasteiger partial charge in [0.2, 0.25) is 0 Å². The van der Waals surface area contributed by atoms with Crippen LogP contribution < -0.4 is 4.74 Å². The number of benzene rings is 3. The van der Waals surface area contributed by atoms with E-state index in [9.17, 15) is 4.79 Å². The summed E-state index contributed by atoms with van der Waals surface area (Å²) in [4.78, 5) is 17.7. The molecule has 0 fully saturated rings. The first-order valence-electron chi connectivity index (χ1n) is 11.9. The van der Waals surface area contributed by atoms with Gasteiger partial charge < -0.3 is 4.74 Å². The topological polar surface area (TPSA) is 38.7 Å². The van der Waals surface area contributed by atoms with Crippen LogP contribution in [0.25, 0.3) is 5.57 Å². The Labute approximate surface area is 201 Å². The molecule has 170 valence electrons. The zero-order chi connectivity index (χ0) is 23.3.